The molecule has 0 unspecified atom stereocenters. The quantitative estimate of drug-likeness (QED) is 0.628. The summed E-state index contributed by atoms with van der Waals surface area (Å²) in [4.78, 5) is 18.1. The van der Waals surface area contributed by atoms with Crippen LogP contribution in [0.3, 0.4) is 0 Å². The van der Waals surface area contributed by atoms with E-state index in [-0.39, 0.29) is 22.2 Å². The predicted molar refractivity (Wildman–Crippen MR) is 74.4 cm³/mol. The second-order valence-electron chi connectivity index (χ2n) is 4.00. The standard InChI is InChI=1S/C10H9ClN4O4S/c1-14(20(2,18)19)10-9(11)12-8-5-6(15(16)17)3-4-7(8)13-10/h3-5H,1-2H3. The zero-order valence-electron chi connectivity index (χ0n) is 10.4. The molecule has 1 heterocycles. The van der Waals surface area contributed by atoms with E-state index in [4.69, 9.17) is 11.6 Å². The third kappa shape index (κ3) is 2.63. The van der Waals surface area contributed by atoms with Gasteiger partial charge in [-0.15, -0.1) is 0 Å². The third-order valence-corrected chi connectivity index (χ3v) is 4.02. The Morgan fingerprint density at radius 1 is 1.30 bits per heavy atom. The molecule has 0 aliphatic rings. The number of nitro groups is 1. The van der Waals surface area contributed by atoms with Crippen LogP contribution in [0.2, 0.25) is 5.15 Å². The van der Waals surface area contributed by atoms with Crippen LogP contribution >= 0.6 is 11.6 Å². The number of non-ortho nitro benzene ring substituents is 1. The molecule has 0 atom stereocenters. The monoisotopic (exact) mass is 316 g/mol. The van der Waals surface area contributed by atoms with Crippen molar-refractivity contribution in [3.8, 4) is 0 Å². The van der Waals surface area contributed by atoms with Crippen LogP contribution in [0, 0.1) is 10.1 Å². The molecule has 0 spiro atoms. The van der Waals surface area contributed by atoms with Crippen molar-refractivity contribution in [3.05, 3.63) is 33.5 Å². The van der Waals surface area contributed by atoms with E-state index < -0.39 is 14.9 Å². The van der Waals surface area contributed by atoms with E-state index in [0.717, 1.165) is 10.6 Å². The smallest absolute Gasteiger partial charge is 0.258 e. The summed E-state index contributed by atoms with van der Waals surface area (Å²) in [6, 6.07) is 3.87. The van der Waals surface area contributed by atoms with E-state index >= 15 is 0 Å². The molecule has 8 nitrogen and oxygen atoms in total. The normalized spacial score (nSPS) is 11.6. The highest BCUT2D eigenvalue weighted by Gasteiger charge is 2.19. The van der Waals surface area contributed by atoms with Gasteiger partial charge in [-0.2, -0.15) is 0 Å². The average Bonchev–Trinajstić information content (AvgIpc) is 2.35. The molecule has 0 aliphatic heterocycles. The zero-order chi connectivity index (χ0) is 15.1. The number of sulfonamides is 1. The lowest BCUT2D eigenvalue weighted by Gasteiger charge is -2.16. The molecule has 2 aromatic rings. The number of hydrogen-bond donors (Lipinski definition) is 0. The van der Waals surface area contributed by atoms with Crippen molar-refractivity contribution in [1.82, 2.24) is 9.97 Å². The van der Waals surface area contributed by atoms with Gasteiger partial charge in [0.25, 0.3) is 5.69 Å². The number of benzene rings is 1. The van der Waals surface area contributed by atoms with Crippen LogP contribution in [0.25, 0.3) is 11.0 Å². The summed E-state index contributed by atoms with van der Waals surface area (Å²) in [7, 11) is -2.24. The summed E-state index contributed by atoms with van der Waals surface area (Å²) in [5.74, 6) is -0.0319. The molecule has 20 heavy (non-hydrogen) atoms. The second kappa shape index (κ2) is 4.84. The number of hydrogen-bond acceptors (Lipinski definition) is 6. The Bertz CT molecular complexity index is 808. The maximum absolute atomic E-state index is 11.5. The lowest BCUT2D eigenvalue weighted by atomic mass is 10.2. The maximum atomic E-state index is 11.5. The van der Waals surface area contributed by atoms with Gasteiger partial charge in [0.05, 0.1) is 22.2 Å². The molecule has 106 valence electrons. The van der Waals surface area contributed by atoms with E-state index in [1.54, 1.807) is 0 Å². The van der Waals surface area contributed by atoms with Gasteiger partial charge in [-0.25, -0.2) is 18.4 Å². The van der Waals surface area contributed by atoms with Gasteiger partial charge < -0.3 is 0 Å². The maximum Gasteiger partial charge on any atom is 0.271 e. The van der Waals surface area contributed by atoms with Crippen molar-refractivity contribution >= 4 is 44.2 Å². The molecule has 1 aromatic carbocycles. The van der Waals surface area contributed by atoms with Crippen LogP contribution < -0.4 is 4.31 Å². The molecule has 1 aromatic heterocycles. The van der Waals surface area contributed by atoms with E-state index in [1.807, 2.05) is 0 Å². The van der Waals surface area contributed by atoms with Crippen molar-refractivity contribution in [2.45, 2.75) is 0 Å². The van der Waals surface area contributed by atoms with Crippen LogP contribution in [0.1, 0.15) is 0 Å². The van der Waals surface area contributed by atoms with E-state index in [9.17, 15) is 18.5 Å². The van der Waals surface area contributed by atoms with E-state index in [1.165, 1.54) is 25.2 Å². The zero-order valence-corrected chi connectivity index (χ0v) is 12.0. The third-order valence-electron chi connectivity index (χ3n) is 2.60. The molecular weight excluding hydrogens is 308 g/mol. The fourth-order valence-corrected chi connectivity index (χ4v) is 2.23. The summed E-state index contributed by atoms with van der Waals surface area (Å²) >= 11 is 5.89. The van der Waals surface area contributed by atoms with Gasteiger partial charge in [-0.05, 0) is 6.07 Å². The van der Waals surface area contributed by atoms with E-state index in [2.05, 4.69) is 9.97 Å². The Balaban J connectivity index is 2.65. The first-order valence-corrected chi connectivity index (χ1v) is 7.48. The van der Waals surface area contributed by atoms with Gasteiger partial charge in [0, 0.05) is 19.2 Å². The van der Waals surface area contributed by atoms with Crippen molar-refractivity contribution < 1.29 is 13.3 Å². The van der Waals surface area contributed by atoms with Crippen molar-refractivity contribution in [2.75, 3.05) is 17.6 Å². The van der Waals surface area contributed by atoms with Crippen LogP contribution in [0.5, 0.6) is 0 Å². The van der Waals surface area contributed by atoms with Crippen LogP contribution in [-0.2, 0) is 10.0 Å². The Kier molecular flexibility index (Phi) is 3.48. The number of halogens is 1. The first kappa shape index (κ1) is 14.4. The highest BCUT2D eigenvalue weighted by atomic mass is 35.5. The lowest BCUT2D eigenvalue weighted by molar-refractivity contribution is -0.384. The van der Waals surface area contributed by atoms with Gasteiger partial charge >= 0.3 is 0 Å². The SMILES string of the molecule is CN(c1nc2ccc([N+](=O)[O-])cc2nc1Cl)S(C)(=O)=O. The minimum absolute atomic E-state index is 0.0319. The molecule has 0 N–H and O–H groups in total. The first-order valence-electron chi connectivity index (χ1n) is 5.26. The molecule has 0 amide bonds. The number of fused-ring (bicyclic) bond motifs is 1. The molecule has 10 heteroatoms. The van der Waals surface area contributed by atoms with Gasteiger partial charge in [-0.1, -0.05) is 11.6 Å². The molecule has 0 fully saturated rings. The van der Waals surface area contributed by atoms with Gasteiger partial charge in [0.2, 0.25) is 10.0 Å². The molecule has 0 saturated carbocycles. The Morgan fingerprint density at radius 2 is 1.95 bits per heavy atom. The van der Waals surface area contributed by atoms with Crippen LogP contribution in [-0.4, -0.2) is 36.6 Å². The summed E-state index contributed by atoms with van der Waals surface area (Å²) in [6.45, 7) is 0. The Hall–Kier alpha value is -2.00. The largest absolute Gasteiger partial charge is 0.271 e. The minimum Gasteiger partial charge on any atom is -0.258 e. The van der Waals surface area contributed by atoms with Gasteiger partial charge in [0.1, 0.15) is 0 Å². The number of anilines is 1. The lowest BCUT2D eigenvalue weighted by Crippen LogP contribution is -2.26. The second-order valence-corrected chi connectivity index (χ2v) is 6.37. The summed E-state index contributed by atoms with van der Waals surface area (Å²) < 4.78 is 23.8. The summed E-state index contributed by atoms with van der Waals surface area (Å²) in [5.41, 5.74) is 0.382. The highest BCUT2D eigenvalue weighted by molar-refractivity contribution is 7.92. The van der Waals surface area contributed by atoms with Crippen molar-refractivity contribution in [3.63, 3.8) is 0 Å². The van der Waals surface area contributed by atoms with Crippen molar-refractivity contribution in [2.24, 2.45) is 0 Å². The molecule has 0 radical (unpaired) electrons. The minimum atomic E-state index is -3.53. The van der Waals surface area contributed by atoms with Gasteiger partial charge in [-0.3, -0.25) is 14.4 Å². The molecule has 2 rings (SSSR count). The number of nitrogens with zero attached hydrogens (tertiary/aromatic N) is 4. The molecule has 0 bridgehead atoms. The number of rotatable bonds is 3. The summed E-state index contributed by atoms with van der Waals surface area (Å²) in [6.07, 6.45) is 1.01. The number of nitro benzene ring substituents is 1. The first-order chi connectivity index (χ1) is 9.20. The fourth-order valence-electron chi connectivity index (χ4n) is 1.48. The molecular formula is C10H9ClN4O4S. The Labute approximate surface area is 119 Å². The van der Waals surface area contributed by atoms with Crippen molar-refractivity contribution in [1.29, 1.82) is 0 Å². The average molecular weight is 317 g/mol. The molecule has 0 saturated heterocycles. The molecule has 0 aliphatic carbocycles. The van der Waals surface area contributed by atoms with Crippen LogP contribution in [0.15, 0.2) is 18.2 Å². The topological polar surface area (TPSA) is 106 Å². The Morgan fingerprint density at radius 3 is 2.50 bits per heavy atom. The predicted octanol–water partition coefficient (Wildman–Crippen LogP) is 1.59. The van der Waals surface area contributed by atoms with Crippen LogP contribution in [0.4, 0.5) is 11.5 Å². The van der Waals surface area contributed by atoms with E-state index in [0.29, 0.717) is 5.52 Å². The highest BCUT2D eigenvalue weighted by Crippen LogP contribution is 2.27. The number of aromatic nitrogens is 2. The fraction of sp³-hybridized carbons (Fsp3) is 0.200. The van der Waals surface area contributed by atoms with Gasteiger partial charge in [0.15, 0.2) is 11.0 Å². The summed E-state index contributed by atoms with van der Waals surface area (Å²) in [5, 5.41) is 10.5.